The highest BCUT2D eigenvalue weighted by molar-refractivity contribution is 6.05. The number of carbonyl (C=O) groups excluding carboxylic acids is 1. The molecule has 0 atom stereocenters. The van der Waals surface area contributed by atoms with E-state index in [9.17, 15) is 4.79 Å². The summed E-state index contributed by atoms with van der Waals surface area (Å²) in [4.78, 5) is 16.6. The molecule has 4 rings (SSSR count). The summed E-state index contributed by atoms with van der Waals surface area (Å²) in [6.45, 7) is 0. The van der Waals surface area contributed by atoms with Gasteiger partial charge in [-0.2, -0.15) is 0 Å². The van der Waals surface area contributed by atoms with Gasteiger partial charge in [-0.15, -0.1) is 0 Å². The van der Waals surface area contributed by atoms with Gasteiger partial charge < -0.3 is 14.6 Å². The summed E-state index contributed by atoms with van der Waals surface area (Å²) in [6.07, 6.45) is 4.37. The molecular weight excluding hydrogens is 290 g/mol. The molecule has 1 amide bonds. The van der Waals surface area contributed by atoms with Crippen LogP contribution in [-0.4, -0.2) is 21.6 Å². The van der Waals surface area contributed by atoms with Crippen LogP contribution >= 0.6 is 0 Å². The van der Waals surface area contributed by atoms with Gasteiger partial charge in [0.25, 0.3) is 5.91 Å². The molecule has 0 saturated heterocycles. The monoisotopic (exact) mass is 307 g/mol. The molecule has 3 aromatic rings. The number of rotatable bonds is 4. The lowest BCUT2D eigenvalue weighted by Gasteiger charge is -2.08. The molecule has 2 aromatic carbocycles. The van der Waals surface area contributed by atoms with E-state index in [2.05, 4.69) is 10.3 Å². The van der Waals surface area contributed by atoms with Gasteiger partial charge in [-0.25, -0.2) is 4.98 Å². The zero-order valence-electron chi connectivity index (χ0n) is 12.8. The summed E-state index contributed by atoms with van der Waals surface area (Å²) in [5.74, 6) is 0.685. The quantitative estimate of drug-likeness (QED) is 0.804. The summed E-state index contributed by atoms with van der Waals surface area (Å²) < 4.78 is 7.61. The second kappa shape index (κ2) is 5.43. The molecule has 1 aliphatic carbocycles. The number of ether oxygens (including phenoxy) is 1. The van der Waals surface area contributed by atoms with E-state index in [4.69, 9.17) is 4.74 Å². The van der Waals surface area contributed by atoms with Crippen molar-refractivity contribution in [2.75, 3.05) is 5.32 Å². The largest absolute Gasteiger partial charge is 0.490 e. The van der Waals surface area contributed by atoms with Crippen molar-refractivity contribution in [1.29, 1.82) is 0 Å². The third-order valence-electron chi connectivity index (χ3n) is 3.93. The van der Waals surface area contributed by atoms with Crippen molar-refractivity contribution in [1.82, 2.24) is 9.55 Å². The number of benzene rings is 2. The van der Waals surface area contributed by atoms with Crippen molar-refractivity contribution >= 4 is 22.6 Å². The highest BCUT2D eigenvalue weighted by Gasteiger charge is 2.23. The Labute approximate surface area is 133 Å². The minimum atomic E-state index is -0.135. The van der Waals surface area contributed by atoms with Crippen LogP contribution < -0.4 is 10.1 Å². The predicted molar refractivity (Wildman–Crippen MR) is 88.8 cm³/mol. The van der Waals surface area contributed by atoms with Gasteiger partial charge in [-0.05, 0) is 55.3 Å². The van der Waals surface area contributed by atoms with Crippen LogP contribution in [0, 0.1) is 0 Å². The summed E-state index contributed by atoms with van der Waals surface area (Å²) in [6, 6.07) is 12.9. The van der Waals surface area contributed by atoms with E-state index >= 15 is 0 Å². The average molecular weight is 307 g/mol. The molecule has 5 nitrogen and oxygen atoms in total. The van der Waals surface area contributed by atoms with Crippen LogP contribution in [-0.2, 0) is 7.05 Å². The van der Waals surface area contributed by atoms with E-state index in [-0.39, 0.29) is 5.91 Å². The molecule has 116 valence electrons. The summed E-state index contributed by atoms with van der Waals surface area (Å²) in [7, 11) is 1.93. The van der Waals surface area contributed by atoms with Crippen LogP contribution in [0.3, 0.4) is 0 Å². The van der Waals surface area contributed by atoms with Gasteiger partial charge >= 0.3 is 0 Å². The Morgan fingerprint density at radius 2 is 2.00 bits per heavy atom. The van der Waals surface area contributed by atoms with E-state index in [1.54, 1.807) is 18.5 Å². The second-order valence-electron chi connectivity index (χ2n) is 5.85. The molecule has 0 radical (unpaired) electrons. The lowest BCUT2D eigenvalue weighted by atomic mass is 10.2. The summed E-state index contributed by atoms with van der Waals surface area (Å²) >= 11 is 0. The molecule has 5 heteroatoms. The lowest BCUT2D eigenvalue weighted by molar-refractivity contribution is 0.102. The third kappa shape index (κ3) is 2.90. The highest BCUT2D eigenvalue weighted by Crippen LogP contribution is 2.27. The Morgan fingerprint density at radius 3 is 2.74 bits per heavy atom. The molecule has 1 fully saturated rings. The topological polar surface area (TPSA) is 56.2 Å². The Morgan fingerprint density at radius 1 is 1.22 bits per heavy atom. The number of fused-ring (bicyclic) bond motifs is 1. The van der Waals surface area contributed by atoms with E-state index in [0.29, 0.717) is 11.7 Å². The molecular formula is C18H17N3O2. The number of amides is 1. The SMILES string of the molecule is Cn1cnc2ccc(NC(=O)c3ccc(OC4CC4)cc3)cc21. The van der Waals surface area contributed by atoms with Gasteiger partial charge in [0.05, 0.1) is 23.5 Å². The van der Waals surface area contributed by atoms with Crippen LogP contribution in [0.25, 0.3) is 11.0 Å². The fourth-order valence-electron chi connectivity index (χ4n) is 2.47. The predicted octanol–water partition coefficient (Wildman–Crippen LogP) is 3.37. The maximum Gasteiger partial charge on any atom is 0.255 e. The maximum atomic E-state index is 12.3. The first-order valence-corrected chi connectivity index (χ1v) is 7.68. The molecule has 0 unspecified atom stereocenters. The van der Waals surface area contributed by atoms with Crippen molar-refractivity contribution in [3.63, 3.8) is 0 Å². The van der Waals surface area contributed by atoms with Crippen LogP contribution in [0.2, 0.25) is 0 Å². The molecule has 1 aliphatic rings. The van der Waals surface area contributed by atoms with Crippen molar-refractivity contribution in [3.05, 3.63) is 54.4 Å². The first kappa shape index (κ1) is 13.8. The van der Waals surface area contributed by atoms with Crippen LogP contribution in [0.15, 0.2) is 48.8 Å². The molecule has 1 saturated carbocycles. The molecule has 0 bridgehead atoms. The Kier molecular flexibility index (Phi) is 3.26. The average Bonchev–Trinajstić information content (AvgIpc) is 3.30. The highest BCUT2D eigenvalue weighted by atomic mass is 16.5. The van der Waals surface area contributed by atoms with Crippen LogP contribution in [0.5, 0.6) is 5.75 Å². The third-order valence-corrected chi connectivity index (χ3v) is 3.93. The van der Waals surface area contributed by atoms with Crippen LogP contribution in [0.1, 0.15) is 23.2 Å². The van der Waals surface area contributed by atoms with Gasteiger partial charge in [0, 0.05) is 18.3 Å². The normalized spacial score (nSPS) is 14.0. The Bertz CT molecular complexity index is 864. The minimum absolute atomic E-state index is 0.135. The smallest absolute Gasteiger partial charge is 0.255 e. The van der Waals surface area contributed by atoms with Gasteiger partial charge in [0.1, 0.15) is 5.75 Å². The molecule has 23 heavy (non-hydrogen) atoms. The standard InChI is InChI=1S/C18H17N3O2/c1-21-11-19-16-9-4-13(10-17(16)21)20-18(22)12-2-5-14(6-3-12)23-15-7-8-15/h2-6,9-11,15H,7-8H2,1H3,(H,20,22). The first-order valence-electron chi connectivity index (χ1n) is 7.68. The molecule has 1 heterocycles. The van der Waals surface area contributed by atoms with Gasteiger partial charge in [-0.3, -0.25) is 4.79 Å². The number of hydrogen-bond acceptors (Lipinski definition) is 3. The zero-order valence-corrected chi connectivity index (χ0v) is 12.8. The molecule has 1 N–H and O–H groups in total. The number of aryl methyl sites for hydroxylation is 1. The number of carbonyl (C=O) groups is 1. The van der Waals surface area contributed by atoms with E-state index in [1.165, 1.54) is 0 Å². The van der Waals surface area contributed by atoms with Crippen molar-refractivity contribution in [3.8, 4) is 5.75 Å². The van der Waals surface area contributed by atoms with Gasteiger partial charge in [-0.1, -0.05) is 0 Å². The fraction of sp³-hybridized carbons (Fsp3) is 0.222. The Hall–Kier alpha value is -2.82. The van der Waals surface area contributed by atoms with Crippen molar-refractivity contribution in [2.45, 2.75) is 18.9 Å². The number of hydrogen-bond donors (Lipinski definition) is 1. The maximum absolute atomic E-state index is 12.3. The Balaban J connectivity index is 1.50. The fourth-order valence-corrected chi connectivity index (χ4v) is 2.47. The number of nitrogens with zero attached hydrogens (tertiary/aromatic N) is 2. The number of aromatic nitrogens is 2. The number of anilines is 1. The minimum Gasteiger partial charge on any atom is -0.490 e. The zero-order chi connectivity index (χ0) is 15.8. The second-order valence-corrected chi connectivity index (χ2v) is 5.85. The van der Waals surface area contributed by atoms with E-state index < -0.39 is 0 Å². The van der Waals surface area contributed by atoms with Crippen molar-refractivity contribution < 1.29 is 9.53 Å². The molecule has 0 spiro atoms. The van der Waals surface area contributed by atoms with E-state index in [1.807, 2.05) is 41.9 Å². The lowest BCUT2D eigenvalue weighted by Crippen LogP contribution is -2.11. The van der Waals surface area contributed by atoms with Gasteiger partial charge in [0.15, 0.2) is 0 Å². The molecule has 1 aromatic heterocycles. The molecule has 0 aliphatic heterocycles. The van der Waals surface area contributed by atoms with Crippen LogP contribution in [0.4, 0.5) is 5.69 Å². The number of nitrogens with one attached hydrogen (secondary N) is 1. The first-order chi connectivity index (χ1) is 11.2. The van der Waals surface area contributed by atoms with Crippen molar-refractivity contribution in [2.24, 2.45) is 7.05 Å². The summed E-state index contributed by atoms with van der Waals surface area (Å²) in [5.41, 5.74) is 3.26. The number of imidazole rings is 1. The van der Waals surface area contributed by atoms with E-state index in [0.717, 1.165) is 35.3 Å². The van der Waals surface area contributed by atoms with Gasteiger partial charge in [0.2, 0.25) is 0 Å². The summed E-state index contributed by atoms with van der Waals surface area (Å²) in [5, 5.41) is 2.92.